The summed E-state index contributed by atoms with van der Waals surface area (Å²) in [4.78, 5) is 14.7. The number of aromatic amines is 1. The number of carbonyl (C=O) groups excluding carboxylic acids is 1. The van der Waals surface area contributed by atoms with Gasteiger partial charge in [-0.25, -0.2) is 4.39 Å². The predicted molar refractivity (Wildman–Crippen MR) is 95.7 cm³/mol. The number of halogens is 1. The molecule has 0 amide bonds. The van der Waals surface area contributed by atoms with Crippen molar-refractivity contribution in [2.75, 3.05) is 6.26 Å². The quantitative estimate of drug-likeness (QED) is 0.652. The number of nitrogens with one attached hydrogen (secondary N) is 1. The van der Waals surface area contributed by atoms with E-state index in [1.807, 2.05) is 30.5 Å². The fourth-order valence-corrected chi connectivity index (χ4v) is 3.51. The molecule has 0 radical (unpaired) electrons. The number of hydrogen-bond donors (Lipinski definition) is 1. The summed E-state index contributed by atoms with van der Waals surface area (Å²) < 4.78 is 14.3. The minimum absolute atomic E-state index is 0.227. The van der Waals surface area contributed by atoms with Gasteiger partial charge in [0.2, 0.25) is 0 Å². The summed E-state index contributed by atoms with van der Waals surface area (Å²) in [5, 5.41) is 0.962. The van der Waals surface area contributed by atoms with Crippen LogP contribution in [0.15, 0.2) is 36.4 Å². The van der Waals surface area contributed by atoms with Crippen LogP contribution in [0.3, 0.4) is 0 Å². The number of para-hydroxylation sites is 1. The number of thioether (sulfide) groups is 1. The van der Waals surface area contributed by atoms with Crippen LogP contribution in [0.25, 0.3) is 22.0 Å². The number of hydrogen-bond acceptors (Lipinski definition) is 2. The molecule has 3 aromatic rings. The average Bonchev–Trinajstić information content (AvgIpc) is 2.95. The van der Waals surface area contributed by atoms with E-state index in [0.29, 0.717) is 17.0 Å². The Balaban J connectivity index is 2.23. The van der Waals surface area contributed by atoms with Crippen LogP contribution in [-0.4, -0.2) is 17.5 Å². The first-order chi connectivity index (χ1) is 11.2. The normalized spacial score (nSPS) is 11.1. The molecule has 0 aliphatic carbocycles. The Hall–Kier alpha value is -2.07. The third-order valence-electron chi connectivity index (χ3n) is 4.09. The molecular formula is C19H18FNOS. The summed E-state index contributed by atoms with van der Waals surface area (Å²) in [6.45, 7) is 2.08. The molecule has 0 atom stereocenters. The highest BCUT2D eigenvalue weighted by atomic mass is 32.2. The van der Waals surface area contributed by atoms with Crippen molar-refractivity contribution < 1.29 is 9.18 Å². The molecule has 0 unspecified atom stereocenters. The Morgan fingerprint density at radius 1 is 1.22 bits per heavy atom. The van der Waals surface area contributed by atoms with Crippen LogP contribution in [-0.2, 0) is 12.2 Å². The van der Waals surface area contributed by atoms with Crippen LogP contribution in [0.1, 0.15) is 28.5 Å². The Bertz CT molecular complexity index is 869. The molecule has 0 saturated carbocycles. The zero-order chi connectivity index (χ0) is 16.4. The van der Waals surface area contributed by atoms with E-state index < -0.39 is 0 Å². The number of rotatable bonds is 5. The van der Waals surface area contributed by atoms with Gasteiger partial charge in [0.1, 0.15) is 5.82 Å². The maximum absolute atomic E-state index is 14.3. The molecule has 0 bridgehead atoms. The van der Waals surface area contributed by atoms with Gasteiger partial charge in [-0.15, -0.1) is 0 Å². The molecule has 1 heterocycles. The summed E-state index contributed by atoms with van der Waals surface area (Å²) in [7, 11) is 0. The summed E-state index contributed by atoms with van der Waals surface area (Å²) >= 11 is 1.59. The zero-order valence-corrected chi connectivity index (χ0v) is 14.0. The van der Waals surface area contributed by atoms with Gasteiger partial charge in [0, 0.05) is 22.2 Å². The summed E-state index contributed by atoms with van der Waals surface area (Å²) in [5.74, 6) is 0.412. The molecular weight excluding hydrogens is 309 g/mol. The van der Waals surface area contributed by atoms with Crippen LogP contribution < -0.4 is 0 Å². The van der Waals surface area contributed by atoms with Gasteiger partial charge in [-0.2, -0.15) is 11.8 Å². The fourth-order valence-electron chi connectivity index (χ4n) is 2.97. The van der Waals surface area contributed by atoms with Crippen molar-refractivity contribution in [3.8, 4) is 11.1 Å². The van der Waals surface area contributed by atoms with Gasteiger partial charge in [0.25, 0.3) is 0 Å². The lowest BCUT2D eigenvalue weighted by atomic mass is 9.99. The van der Waals surface area contributed by atoms with E-state index >= 15 is 0 Å². The van der Waals surface area contributed by atoms with Crippen LogP contribution >= 0.6 is 11.8 Å². The predicted octanol–water partition coefficient (Wildman–Crippen LogP) is 5.21. The lowest BCUT2D eigenvalue weighted by molar-refractivity contribution is 0.112. The van der Waals surface area contributed by atoms with Crippen LogP contribution in [0.4, 0.5) is 4.39 Å². The molecule has 1 N–H and O–H groups in total. The first kappa shape index (κ1) is 15.8. The molecule has 0 fully saturated rings. The van der Waals surface area contributed by atoms with Gasteiger partial charge in [-0.1, -0.05) is 37.3 Å². The molecule has 1 aromatic heterocycles. The third kappa shape index (κ3) is 2.79. The average molecular weight is 327 g/mol. The second-order valence-electron chi connectivity index (χ2n) is 5.46. The number of fused-ring (bicyclic) bond motifs is 1. The maximum atomic E-state index is 14.3. The van der Waals surface area contributed by atoms with E-state index in [9.17, 15) is 9.18 Å². The van der Waals surface area contributed by atoms with Gasteiger partial charge in [-0.3, -0.25) is 4.79 Å². The standard InChI is InChI=1S/C19H18FNOS/c1-3-12-5-4-6-15-18(17(10-22)21-19(12)15)13-7-8-14(11-23-2)16(20)9-13/h4-10,21H,3,11H2,1-2H3. The minimum atomic E-state index is -0.227. The number of aromatic nitrogens is 1. The van der Waals surface area contributed by atoms with Gasteiger partial charge >= 0.3 is 0 Å². The number of carbonyl (C=O) groups is 1. The van der Waals surface area contributed by atoms with Gasteiger partial charge in [0.15, 0.2) is 6.29 Å². The molecule has 0 aliphatic rings. The molecule has 23 heavy (non-hydrogen) atoms. The second-order valence-corrected chi connectivity index (χ2v) is 6.33. The Kier molecular flexibility index (Phi) is 4.53. The topological polar surface area (TPSA) is 32.9 Å². The van der Waals surface area contributed by atoms with Crippen LogP contribution in [0.2, 0.25) is 0 Å². The minimum Gasteiger partial charge on any atom is -0.352 e. The van der Waals surface area contributed by atoms with E-state index in [1.54, 1.807) is 17.8 Å². The van der Waals surface area contributed by atoms with Crippen molar-refractivity contribution in [3.05, 3.63) is 59.0 Å². The van der Waals surface area contributed by atoms with E-state index in [1.165, 1.54) is 6.07 Å². The zero-order valence-electron chi connectivity index (χ0n) is 13.2. The highest BCUT2D eigenvalue weighted by Gasteiger charge is 2.16. The summed E-state index contributed by atoms with van der Waals surface area (Å²) in [6.07, 6.45) is 3.63. The highest BCUT2D eigenvalue weighted by Crippen LogP contribution is 2.34. The van der Waals surface area contributed by atoms with Gasteiger partial charge < -0.3 is 4.98 Å². The summed E-state index contributed by atoms with van der Waals surface area (Å²) in [5.41, 5.74) is 4.80. The third-order valence-corrected chi connectivity index (χ3v) is 4.69. The van der Waals surface area contributed by atoms with E-state index in [0.717, 1.165) is 40.3 Å². The van der Waals surface area contributed by atoms with Crippen molar-refractivity contribution >= 4 is 29.0 Å². The number of benzene rings is 2. The van der Waals surface area contributed by atoms with Gasteiger partial charge in [0.05, 0.1) is 5.69 Å². The Morgan fingerprint density at radius 2 is 2.04 bits per heavy atom. The van der Waals surface area contributed by atoms with E-state index in [2.05, 4.69) is 11.9 Å². The molecule has 0 saturated heterocycles. The van der Waals surface area contributed by atoms with Crippen molar-refractivity contribution in [2.24, 2.45) is 0 Å². The smallest absolute Gasteiger partial charge is 0.166 e. The molecule has 118 valence electrons. The molecule has 2 nitrogen and oxygen atoms in total. The molecule has 4 heteroatoms. The monoisotopic (exact) mass is 327 g/mol. The van der Waals surface area contributed by atoms with E-state index in [-0.39, 0.29) is 5.82 Å². The fraction of sp³-hybridized carbons (Fsp3) is 0.211. The number of aldehydes is 1. The molecule has 0 spiro atoms. The van der Waals surface area contributed by atoms with Crippen molar-refractivity contribution in [1.29, 1.82) is 0 Å². The lowest BCUT2D eigenvalue weighted by Gasteiger charge is -2.06. The van der Waals surface area contributed by atoms with Crippen molar-refractivity contribution in [3.63, 3.8) is 0 Å². The molecule has 3 rings (SSSR count). The van der Waals surface area contributed by atoms with Crippen molar-refractivity contribution in [1.82, 2.24) is 4.98 Å². The van der Waals surface area contributed by atoms with Crippen LogP contribution in [0, 0.1) is 5.82 Å². The largest absolute Gasteiger partial charge is 0.352 e. The van der Waals surface area contributed by atoms with E-state index in [4.69, 9.17) is 0 Å². The maximum Gasteiger partial charge on any atom is 0.166 e. The first-order valence-electron chi connectivity index (χ1n) is 7.56. The van der Waals surface area contributed by atoms with Crippen molar-refractivity contribution in [2.45, 2.75) is 19.1 Å². The van der Waals surface area contributed by atoms with Gasteiger partial charge in [-0.05, 0) is 35.4 Å². The summed E-state index contributed by atoms with van der Waals surface area (Å²) in [6, 6.07) is 11.2. The Labute approximate surface area is 139 Å². The lowest BCUT2D eigenvalue weighted by Crippen LogP contribution is -1.90. The SMILES string of the molecule is CCc1cccc2c(-c3ccc(CSC)c(F)c3)c(C=O)[nH]c12. The molecule has 2 aromatic carbocycles. The number of aryl methyl sites for hydroxylation is 1. The second kappa shape index (κ2) is 6.59. The highest BCUT2D eigenvalue weighted by molar-refractivity contribution is 7.97. The molecule has 0 aliphatic heterocycles. The number of H-pyrrole nitrogens is 1. The Morgan fingerprint density at radius 3 is 2.70 bits per heavy atom. The first-order valence-corrected chi connectivity index (χ1v) is 8.95. The van der Waals surface area contributed by atoms with Crippen LogP contribution in [0.5, 0.6) is 0 Å².